The molecule has 112 valence electrons. The molecule has 0 fully saturated rings. The topological polar surface area (TPSA) is 64.4 Å². The maximum atomic E-state index is 11.3. The summed E-state index contributed by atoms with van der Waals surface area (Å²) in [6, 6.07) is 5.31. The zero-order chi connectivity index (χ0) is 15.1. The van der Waals surface area contributed by atoms with Gasteiger partial charge in [-0.15, -0.1) is 0 Å². The molecule has 0 aliphatic rings. The molecule has 0 radical (unpaired) electrons. The highest BCUT2D eigenvalue weighted by molar-refractivity contribution is 7.98. The first-order chi connectivity index (χ1) is 9.45. The van der Waals surface area contributed by atoms with Gasteiger partial charge in [-0.1, -0.05) is 6.07 Å². The molecular formula is C14H22N2O3S. The Morgan fingerprint density at radius 3 is 2.65 bits per heavy atom. The Balaban J connectivity index is 2.97. The van der Waals surface area contributed by atoms with E-state index in [1.54, 1.807) is 30.0 Å². The smallest absolute Gasteiger partial charge is 0.333 e. The molecule has 1 unspecified atom stereocenters. The Bertz CT molecular complexity index is 452. The average Bonchev–Trinajstić information content (AvgIpc) is 2.35. The van der Waals surface area contributed by atoms with Gasteiger partial charge in [-0.2, -0.15) is 11.8 Å². The van der Waals surface area contributed by atoms with Gasteiger partial charge in [-0.25, -0.2) is 0 Å². The molecule has 0 spiro atoms. The third kappa shape index (κ3) is 4.92. The van der Waals surface area contributed by atoms with E-state index in [0.717, 1.165) is 12.2 Å². The third-order valence-electron chi connectivity index (χ3n) is 2.70. The third-order valence-corrected chi connectivity index (χ3v) is 3.35. The highest BCUT2D eigenvalue weighted by Gasteiger charge is 2.22. The number of anilines is 1. The van der Waals surface area contributed by atoms with E-state index in [1.807, 2.05) is 27.0 Å². The molecule has 1 atom stereocenters. The van der Waals surface area contributed by atoms with Crippen LogP contribution in [0.3, 0.4) is 0 Å². The van der Waals surface area contributed by atoms with Crippen LogP contribution in [0.5, 0.6) is 5.75 Å². The van der Waals surface area contributed by atoms with E-state index in [9.17, 15) is 10.1 Å². The van der Waals surface area contributed by atoms with E-state index in [0.29, 0.717) is 11.4 Å². The fraction of sp³-hybridized carbons (Fsp3) is 0.571. The van der Waals surface area contributed by atoms with Crippen molar-refractivity contribution in [2.75, 3.05) is 17.3 Å². The number of hydrogen-bond acceptors (Lipinski definition) is 5. The fourth-order valence-corrected chi connectivity index (χ4v) is 2.40. The van der Waals surface area contributed by atoms with Crippen molar-refractivity contribution in [2.45, 2.75) is 39.3 Å². The number of nitro groups is 1. The van der Waals surface area contributed by atoms with Crippen molar-refractivity contribution in [3.05, 3.63) is 28.3 Å². The molecule has 6 heteroatoms. The van der Waals surface area contributed by atoms with Crippen molar-refractivity contribution < 1.29 is 9.66 Å². The maximum Gasteiger partial charge on any atom is 0.333 e. The van der Waals surface area contributed by atoms with Gasteiger partial charge in [-0.3, -0.25) is 10.1 Å². The van der Waals surface area contributed by atoms with Gasteiger partial charge in [-0.05, 0) is 51.3 Å². The summed E-state index contributed by atoms with van der Waals surface area (Å²) in [5.74, 6) is 1.33. The van der Waals surface area contributed by atoms with Gasteiger partial charge >= 0.3 is 5.69 Å². The fourth-order valence-electron chi connectivity index (χ4n) is 1.81. The van der Waals surface area contributed by atoms with Gasteiger partial charge in [0.25, 0.3) is 0 Å². The second-order valence-electron chi connectivity index (χ2n) is 4.90. The van der Waals surface area contributed by atoms with Crippen LogP contribution < -0.4 is 10.1 Å². The van der Waals surface area contributed by atoms with Crippen LogP contribution in [0.4, 0.5) is 11.4 Å². The van der Waals surface area contributed by atoms with Crippen LogP contribution in [0.2, 0.25) is 0 Å². The van der Waals surface area contributed by atoms with Crippen molar-refractivity contribution in [3.63, 3.8) is 0 Å². The molecule has 0 bridgehead atoms. The van der Waals surface area contributed by atoms with Crippen molar-refractivity contribution in [3.8, 4) is 5.75 Å². The minimum absolute atomic E-state index is 0.0113. The molecule has 1 aromatic rings. The molecule has 0 aliphatic carbocycles. The Labute approximate surface area is 124 Å². The number of rotatable bonds is 8. The molecule has 0 heterocycles. The van der Waals surface area contributed by atoms with Gasteiger partial charge < -0.3 is 10.1 Å². The lowest BCUT2D eigenvalue weighted by Crippen LogP contribution is -2.17. The molecule has 1 N–H and O–H groups in total. The van der Waals surface area contributed by atoms with Gasteiger partial charge in [0.2, 0.25) is 0 Å². The molecular weight excluding hydrogens is 276 g/mol. The monoisotopic (exact) mass is 298 g/mol. The second kappa shape index (κ2) is 7.99. The van der Waals surface area contributed by atoms with E-state index in [-0.39, 0.29) is 22.8 Å². The van der Waals surface area contributed by atoms with Crippen LogP contribution in [0.15, 0.2) is 18.2 Å². The Morgan fingerprint density at radius 1 is 1.40 bits per heavy atom. The summed E-state index contributed by atoms with van der Waals surface area (Å²) in [5, 5.41) is 14.5. The lowest BCUT2D eigenvalue weighted by atomic mass is 10.2. The van der Waals surface area contributed by atoms with Crippen molar-refractivity contribution in [2.24, 2.45) is 0 Å². The van der Waals surface area contributed by atoms with Crippen LogP contribution >= 0.6 is 11.8 Å². The number of nitro benzene ring substituents is 1. The zero-order valence-electron chi connectivity index (χ0n) is 12.4. The molecule has 5 nitrogen and oxygen atoms in total. The number of para-hydroxylation sites is 1. The summed E-state index contributed by atoms with van der Waals surface area (Å²) in [7, 11) is 0. The number of thioether (sulfide) groups is 1. The summed E-state index contributed by atoms with van der Waals surface area (Å²) in [6.45, 7) is 5.73. The number of hydrogen-bond donors (Lipinski definition) is 1. The normalized spacial score (nSPS) is 12.2. The summed E-state index contributed by atoms with van der Waals surface area (Å²) < 4.78 is 5.52. The predicted molar refractivity (Wildman–Crippen MR) is 84.9 cm³/mol. The number of ether oxygens (including phenoxy) is 1. The van der Waals surface area contributed by atoms with Crippen LogP contribution in [0.1, 0.15) is 27.2 Å². The summed E-state index contributed by atoms with van der Waals surface area (Å²) in [6.07, 6.45) is 2.90. The number of nitrogens with zero attached hydrogens (tertiary/aromatic N) is 1. The molecule has 0 saturated heterocycles. The zero-order valence-corrected chi connectivity index (χ0v) is 13.2. The first kappa shape index (κ1) is 16.6. The first-order valence-electron chi connectivity index (χ1n) is 6.65. The van der Waals surface area contributed by atoms with Gasteiger partial charge in [0.15, 0.2) is 5.75 Å². The molecule has 1 aromatic carbocycles. The first-order valence-corrected chi connectivity index (χ1v) is 8.04. The van der Waals surface area contributed by atoms with Crippen molar-refractivity contribution in [1.29, 1.82) is 0 Å². The number of benzene rings is 1. The Morgan fingerprint density at radius 2 is 2.10 bits per heavy atom. The minimum atomic E-state index is -0.388. The summed E-state index contributed by atoms with van der Waals surface area (Å²) >= 11 is 1.76. The van der Waals surface area contributed by atoms with Crippen LogP contribution in [0.25, 0.3) is 0 Å². The molecule has 0 saturated carbocycles. The highest BCUT2D eigenvalue weighted by Crippen LogP contribution is 2.35. The van der Waals surface area contributed by atoms with Crippen molar-refractivity contribution in [1.82, 2.24) is 0 Å². The average molecular weight is 298 g/mol. The number of nitrogens with one attached hydrogen (secondary N) is 1. The van der Waals surface area contributed by atoms with Crippen LogP contribution in [0, 0.1) is 10.1 Å². The summed E-state index contributed by atoms with van der Waals surface area (Å²) in [5.41, 5.74) is 0.527. The SMILES string of the molecule is CSCCC(C)Nc1cccc(OC(C)C)c1[N+](=O)[O-]. The second-order valence-corrected chi connectivity index (χ2v) is 5.89. The quantitative estimate of drug-likeness (QED) is 0.582. The summed E-state index contributed by atoms with van der Waals surface area (Å²) in [4.78, 5) is 10.9. The maximum absolute atomic E-state index is 11.3. The predicted octanol–water partition coefficient (Wildman–Crippen LogP) is 3.94. The van der Waals surface area contributed by atoms with E-state index >= 15 is 0 Å². The minimum Gasteiger partial charge on any atom is -0.484 e. The Kier molecular flexibility index (Phi) is 6.64. The van der Waals surface area contributed by atoms with Crippen molar-refractivity contribution >= 4 is 23.1 Å². The van der Waals surface area contributed by atoms with Crippen LogP contribution in [-0.2, 0) is 0 Å². The standard InChI is InChI=1S/C14H22N2O3S/c1-10(2)19-13-7-5-6-12(14(13)16(17)18)15-11(3)8-9-20-4/h5-7,10-11,15H,8-9H2,1-4H3. The highest BCUT2D eigenvalue weighted by atomic mass is 32.2. The Hall–Kier alpha value is -1.43. The largest absolute Gasteiger partial charge is 0.484 e. The van der Waals surface area contributed by atoms with E-state index in [2.05, 4.69) is 5.32 Å². The lowest BCUT2D eigenvalue weighted by Gasteiger charge is -2.17. The molecule has 20 heavy (non-hydrogen) atoms. The van der Waals surface area contributed by atoms with E-state index in [4.69, 9.17) is 4.74 Å². The van der Waals surface area contributed by atoms with E-state index in [1.165, 1.54) is 0 Å². The molecule has 0 amide bonds. The lowest BCUT2D eigenvalue weighted by molar-refractivity contribution is -0.385. The van der Waals surface area contributed by atoms with Gasteiger partial charge in [0, 0.05) is 6.04 Å². The molecule has 0 aliphatic heterocycles. The van der Waals surface area contributed by atoms with Gasteiger partial charge in [0.1, 0.15) is 5.69 Å². The van der Waals surface area contributed by atoms with Gasteiger partial charge in [0.05, 0.1) is 11.0 Å². The van der Waals surface area contributed by atoms with Crippen LogP contribution in [-0.4, -0.2) is 29.1 Å². The van der Waals surface area contributed by atoms with E-state index < -0.39 is 0 Å². The molecule has 1 rings (SSSR count). The molecule has 0 aromatic heterocycles.